The number of carbonyl (C=O) groups is 1. The van der Waals surface area contributed by atoms with E-state index < -0.39 is 11.7 Å². The summed E-state index contributed by atoms with van der Waals surface area (Å²) in [5.41, 5.74) is 1.19. The topological polar surface area (TPSA) is 80.2 Å². The highest BCUT2D eigenvalue weighted by Crippen LogP contribution is 2.24. The summed E-state index contributed by atoms with van der Waals surface area (Å²) in [5, 5.41) is 15.0. The van der Waals surface area contributed by atoms with E-state index in [0.717, 1.165) is 0 Å². The van der Waals surface area contributed by atoms with Crippen LogP contribution in [-0.4, -0.2) is 30.3 Å². The highest BCUT2D eigenvalue weighted by Gasteiger charge is 2.32. The number of hydrazone groups is 1. The van der Waals surface area contributed by atoms with Crippen LogP contribution in [0.25, 0.3) is 0 Å². The summed E-state index contributed by atoms with van der Waals surface area (Å²) in [4.78, 5) is 11.3. The lowest BCUT2D eigenvalue weighted by Crippen LogP contribution is -2.36. The van der Waals surface area contributed by atoms with Gasteiger partial charge in [-0.15, -0.1) is 5.10 Å². The first-order valence-electron chi connectivity index (χ1n) is 6.54. The zero-order chi connectivity index (χ0) is 15.9. The van der Waals surface area contributed by atoms with Gasteiger partial charge in [0, 0.05) is 5.02 Å². The van der Waals surface area contributed by atoms with Crippen LogP contribution >= 0.6 is 11.6 Å². The second-order valence-corrected chi connectivity index (χ2v) is 4.70. The third-order valence-corrected chi connectivity index (χ3v) is 2.88. The molecule has 0 aliphatic heterocycles. The van der Waals surface area contributed by atoms with Crippen LogP contribution < -0.4 is 5.43 Å². The molecule has 2 N–H and O–H groups in total. The number of rotatable bonds is 5. The average molecular weight is 315 g/mol. The molecule has 0 fully saturated rings. The van der Waals surface area contributed by atoms with E-state index in [1.807, 2.05) is 0 Å². The molecule has 21 heavy (non-hydrogen) atoms. The zero-order valence-corrected chi connectivity index (χ0v) is 13.0. The number of aliphatic hydroxyl groups is 1. The first-order valence-corrected chi connectivity index (χ1v) is 6.91. The second-order valence-electron chi connectivity index (χ2n) is 4.26. The molecule has 0 spiro atoms. The number of benzene rings is 1. The van der Waals surface area contributed by atoms with Crippen LogP contribution in [0.15, 0.2) is 29.4 Å². The fourth-order valence-corrected chi connectivity index (χ4v) is 1.70. The van der Waals surface area contributed by atoms with Crippen molar-refractivity contribution >= 4 is 23.6 Å². The molecule has 0 saturated heterocycles. The maximum atomic E-state index is 11.3. The molecule has 0 radical (unpaired) electrons. The van der Waals surface area contributed by atoms with E-state index in [-0.39, 0.29) is 19.1 Å². The molecular weight excluding hydrogens is 296 g/mol. The van der Waals surface area contributed by atoms with Gasteiger partial charge >= 0.3 is 6.09 Å². The number of carbonyl (C=O) groups excluding carboxylic acids is 1. The highest BCUT2D eigenvalue weighted by molar-refractivity contribution is 6.30. The summed E-state index contributed by atoms with van der Waals surface area (Å²) in [6.45, 7) is 5.44. The van der Waals surface area contributed by atoms with Crippen molar-refractivity contribution in [1.82, 2.24) is 5.43 Å². The predicted octanol–water partition coefficient (Wildman–Crippen LogP) is 2.64. The Kier molecular flexibility index (Phi) is 6.45. The van der Waals surface area contributed by atoms with Gasteiger partial charge in [0.1, 0.15) is 0 Å². The quantitative estimate of drug-likeness (QED) is 0.497. The lowest BCUT2D eigenvalue weighted by Gasteiger charge is -2.25. The van der Waals surface area contributed by atoms with E-state index in [2.05, 4.69) is 10.5 Å². The van der Waals surface area contributed by atoms with Crippen molar-refractivity contribution < 1.29 is 19.4 Å². The molecule has 0 aromatic heterocycles. The Hall–Kier alpha value is -1.79. The van der Waals surface area contributed by atoms with Crippen LogP contribution in [-0.2, 0) is 15.1 Å². The van der Waals surface area contributed by atoms with E-state index in [9.17, 15) is 9.90 Å². The molecule has 1 aromatic carbocycles. The molecule has 0 heterocycles. The van der Waals surface area contributed by atoms with Crippen LogP contribution in [0.1, 0.15) is 26.3 Å². The van der Waals surface area contributed by atoms with E-state index >= 15 is 0 Å². The highest BCUT2D eigenvalue weighted by atomic mass is 35.5. The van der Waals surface area contributed by atoms with Gasteiger partial charge < -0.3 is 14.6 Å². The minimum Gasteiger partial charge on any atom is -0.478 e. The summed E-state index contributed by atoms with van der Waals surface area (Å²) in [5.74, 6) is -0.0413. The molecule has 1 unspecified atom stereocenters. The summed E-state index contributed by atoms with van der Waals surface area (Å²) >= 11 is 5.82. The SMILES string of the molecule is CCOC(=O)N/N=C(/OCC)C(C)(O)c1ccc(Cl)cc1. The standard InChI is InChI=1S/C14H19ClN2O4/c1-4-20-12(16-17-13(18)21-5-2)14(3,19)10-6-8-11(15)9-7-10/h6-9,19H,4-5H2,1-3H3,(H,17,18)/b16-12+. The molecule has 1 aromatic rings. The van der Waals surface area contributed by atoms with Crippen molar-refractivity contribution in [2.45, 2.75) is 26.4 Å². The van der Waals surface area contributed by atoms with Crippen molar-refractivity contribution in [3.05, 3.63) is 34.9 Å². The molecule has 0 saturated carbocycles. The van der Waals surface area contributed by atoms with Gasteiger partial charge in [-0.25, -0.2) is 10.2 Å². The Morgan fingerprint density at radius 2 is 1.86 bits per heavy atom. The van der Waals surface area contributed by atoms with Gasteiger partial charge in [0.25, 0.3) is 0 Å². The van der Waals surface area contributed by atoms with Crippen molar-refractivity contribution in [3.63, 3.8) is 0 Å². The van der Waals surface area contributed by atoms with Crippen LogP contribution in [0, 0.1) is 0 Å². The molecule has 0 aliphatic carbocycles. The lowest BCUT2D eigenvalue weighted by molar-refractivity contribution is 0.0946. The van der Waals surface area contributed by atoms with Gasteiger partial charge in [-0.1, -0.05) is 23.7 Å². The second kappa shape index (κ2) is 7.85. The number of hydrogen-bond acceptors (Lipinski definition) is 5. The van der Waals surface area contributed by atoms with Gasteiger partial charge in [0.2, 0.25) is 5.90 Å². The zero-order valence-electron chi connectivity index (χ0n) is 12.2. The molecule has 7 heteroatoms. The molecule has 1 amide bonds. The fraction of sp³-hybridized carbons (Fsp3) is 0.429. The summed E-state index contributed by atoms with van der Waals surface area (Å²) in [7, 11) is 0. The molecule has 0 aliphatic rings. The van der Waals surface area contributed by atoms with Crippen molar-refractivity contribution in [2.75, 3.05) is 13.2 Å². The summed E-state index contributed by atoms with van der Waals surface area (Å²) < 4.78 is 10.0. The molecule has 116 valence electrons. The minimum absolute atomic E-state index is 0.0413. The van der Waals surface area contributed by atoms with Crippen LogP contribution in [0.5, 0.6) is 0 Å². The van der Waals surface area contributed by atoms with Crippen LogP contribution in [0.2, 0.25) is 5.02 Å². The first kappa shape index (κ1) is 17.3. The van der Waals surface area contributed by atoms with Gasteiger partial charge in [-0.2, -0.15) is 0 Å². The van der Waals surface area contributed by atoms with Gasteiger partial charge in [-0.3, -0.25) is 0 Å². The smallest absolute Gasteiger partial charge is 0.427 e. The van der Waals surface area contributed by atoms with Crippen molar-refractivity contribution in [3.8, 4) is 0 Å². The summed E-state index contributed by atoms with van der Waals surface area (Å²) in [6.07, 6.45) is -0.721. The normalized spacial score (nSPS) is 14.2. The monoisotopic (exact) mass is 314 g/mol. The van der Waals surface area contributed by atoms with E-state index in [4.69, 9.17) is 21.1 Å². The Bertz CT molecular complexity index is 500. The number of hydrogen-bond donors (Lipinski definition) is 2. The molecule has 1 atom stereocenters. The predicted molar refractivity (Wildman–Crippen MR) is 80.2 cm³/mol. The van der Waals surface area contributed by atoms with Crippen LogP contribution in [0.3, 0.4) is 0 Å². The fourth-order valence-electron chi connectivity index (χ4n) is 1.58. The average Bonchev–Trinajstić information content (AvgIpc) is 2.44. The van der Waals surface area contributed by atoms with Gasteiger partial charge in [0.05, 0.1) is 13.2 Å². The minimum atomic E-state index is -1.51. The van der Waals surface area contributed by atoms with Gasteiger partial charge in [0.15, 0.2) is 5.60 Å². The van der Waals surface area contributed by atoms with E-state index in [0.29, 0.717) is 10.6 Å². The number of amides is 1. The Morgan fingerprint density at radius 1 is 1.29 bits per heavy atom. The van der Waals surface area contributed by atoms with Crippen molar-refractivity contribution in [1.29, 1.82) is 0 Å². The van der Waals surface area contributed by atoms with Crippen LogP contribution in [0.4, 0.5) is 4.79 Å². The van der Waals surface area contributed by atoms with E-state index in [1.54, 1.807) is 38.1 Å². The Balaban J connectivity index is 2.98. The molecule has 0 bridgehead atoms. The van der Waals surface area contributed by atoms with Crippen molar-refractivity contribution in [2.24, 2.45) is 5.10 Å². The number of halogens is 1. The largest absolute Gasteiger partial charge is 0.478 e. The molecule has 1 rings (SSSR count). The molecule has 6 nitrogen and oxygen atoms in total. The number of nitrogens with zero attached hydrogens (tertiary/aromatic N) is 1. The lowest BCUT2D eigenvalue weighted by atomic mass is 9.96. The third kappa shape index (κ3) is 4.91. The maximum Gasteiger partial charge on any atom is 0.427 e. The van der Waals surface area contributed by atoms with Gasteiger partial charge in [-0.05, 0) is 38.5 Å². The van der Waals surface area contributed by atoms with E-state index in [1.165, 1.54) is 6.92 Å². The summed E-state index contributed by atoms with van der Waals surface area (Å²) in [6, 6.07) is 6.60. The Labute approximate surface area is 128 Å². The first-order chi connectivity index (χ1) is 9.91. The number of ether oxygens (including phenoxy) is 2. The number of nitrogens with one attached hydrogen (secondary N) is 1. The maximum absolute atomic E-state index is 11.3. The Morgan fingerprint density at radius 3 is 2.38 bits per heavy atom. The molecular formula is C14H19ClN2O4. The third-order valence-electron chi connectivity index (χ3n) is 2.63.